The highest BCUT2D eigenvalue weighted by Gasteiger charge is 2.05. The molecule has 0 radical (unpaired) electrons. The van der Waals surface area contributed by atoms with Crippen LogP contribution in [0.4, 0.5) is 5.69 Å². The van der Waals surface area contributed by atoms with Gasteiger partial charge in [-0.05, 0) is 37.2 Å². The van der Waals surface area contributed by atoms with Crippen LogP contribution in [0.1, 0.15) is 12.5 Å². The highest BCUT2D eigenvalue weighted by atomic mass is 16.5. The van der Waals surface area contributed by atoms with E-state index >= 15 is 0 Å². The van der Waals surface area contributed by atoms with E-state index in [1.165, 1.54) is 11.3 Å². The molecule has 0 saturated carbocycles. The lowest BCUT2D eigenvalue weighted by molar-refractivity contribution is 0.410. The number of rotatable bonds is 5. The molecule has 0 heterocycles. The van der Waals surface area contributed by atoms with Gasteiger partial charge in [-0.15, -0.1) is 0 Å². The third-order valence-electron chi connectivity index (χ3n) is 2.48. The van der Waals surface area contributed by atoms with E-state index in [0.717, 1.165) is 18.8 Å². The molecule has 15 heavy (non-hydrogen) atoms. The normalized spacial score (nSPS) is 10.1. The molecule has 0 amide bonds. The Morgan fingerprint density at radius 3 is 2.67 bits per heavy atom. The second-order valence-electron chi connectivity index (χ2n) is 3.56. The lowest BCUT2D eigenvalue weighted by Crippen LogP contribution is -2.28. The fourth-order valence-corrected chi connectivity index (χ4v) is 1.61. The summed E-state index contributed by atoms with van der Waals surface area (Å²) in [4.78, 5) is 2.17. The molecular formula is C12H20N2O. The Morgan fingerprint density at radius 2 is 2.13 bits per heavy atom. The van der Waals surface area contributed by atoms with Crippen LogP contribution in [0, 0.1) is 0 Å². The SMILES string of the molecule is CCc1cc(N(C)CNC)ccc1OC. The Kier molecular flexibility index (Phi) is 4.43. The van der Waals surface area contributed by atoms with Gasteiger partial charge in [-0.3, -0.25) is 0 Å². The first-order valence-corrected chi connectivity index (χ1v) is 5.25. The number of nitrogens with zero attached hydrogens (tertiary/aromatic N) is 1. The number of methoxy groups -OCH3 is 1. The van der Waals surface area contributed by atoms with Crippen LogP contribution in [0.15, 0.2) is 18.2 Å². The van der Waals surface area contributed by atoms with Crippen molar-refractivity contribution < 1.29 is 4.74 Å². The van der Waals surface area contributed by atoms with E-state index in [-0.39, 0.29) is 0 Å². The molecule has 0 saturated heterocycles. The first kappa shape index (κ1) is 11.9. The Balaban J connectivity index is 2.92. The van der Waals surface area contributed by atoms with Crippen LogP contribution in [0.2, 0.25) is 0 Å². The molecule has 0 fully saturated rings. The van der Waals surface area contributed by atoms with Crippen molar-refractivity contribution >= 4 is 5.69 Å². The standard InChI is InChI=1S/C12H20N2O/c1-5-10-8-11(14(3)9-13-2)6-7-12(10)15-4/h6-8,13H,5,9H2,1-4H3. The van der Waals surface area contributed by atoms with Crippen LogP contribution in [-0.2, 0) is 6.42 Å². The predicted octanol–water partition coefficient (Wildman–Crippen LogP) is 1.87. The van der Waals surface area contributed by atoms with Gasteiger partial charge < -0.3 is 15.0 Å². The maximum atomic E-state index is 5.30. The molecule has 1 aromatic carbocycles. The predicted molar refractivity (Wildman–Crippen MR) is 64.7 cm³/mol. The quantitative estimate of drug-likeness (QED) is 0.748. The fraction of sp³-hybridized carbons (Fsp3) is 0.500. The van der Waals surface area contributed by atoms with Crippen LogP contribution in [0.5, 0.6) is 5.75 Å². The van der Waals surface area contributed by atoms with Gasteiger partial charge in [-0.2, -0.15) is 0 Å². The molecule has 3 heteroatoms. The number of anilines is 1. The van der Waals surface area contributed by atoms with Crippen molar-refractivity contribution in [3.63, 3.8) is 0 Å². The van der Waals surface area contributed by atoms with E-state index < -0.39 is 0 Å². The molecule has 1 N–H and O–H groups in total. The zero-order valence-corrected chi connectivity index (χ0v) is 10.0. The number of aryl methyl sites for hydroxylation is 1. The summed E-state index contributed by atoms with van der Waals surface area (Å²) in [6.45, 7) is 2.98. The van der Waals surface area contributed by atoms with Crippen molar-refractivity contribution in [2.75, 3.05) is 32.8 Å². The van der Waals surface area contributed by atoms with Crippen LogP contribution in [0.25, 0.3) is 0 Å². The third kappa shape index (κ3) is 2.86. The summed E-state index contributed by atoms with van der Waals surface area (Å²) in [6, 6.07) is 6.28. The van der Waals surface area contributed by atoms with Crippen LogP contribution in [0.3, 0.4) is 0 Å². The van der Waals surface area contributed by atoms with Gasteiger partial charge in [0.25, 0.3) is 0 Å². The molecule has 0 spiro atoms. The Morgan fingerprint density at radius 1 is 1.40 bits per heavy atom. The number of nitrogens with one attached hydrogen (secondary N) is 1. The lowest BCUT2D eigenvalue weighted by Gasteiger charge is -2.20. The Bertz CT molecular complexity index is 312. The summed E-state index contributed by atoms with van der Waals surface area (Å²) >= 11 is 0. The summed E-state index contributed by atoms with van der Waals surface area (Å²) in [7, 11) is 5.73. The van der Waals surface area contributed by atoms with Gasteiger partial charge in [0, 0.05) is 12.7 Å². The van der Waals surface area contributed by atoms with Gasteiger partial charge in [-0.1, -0.05) is 6.92 Å². The molecule has 0 aliphatic rings. The van der Waals surface area contributed by atoms with E-state index in [2.05, 4.69) is 36.3 Å². The van der Waals surface area contributed by atoms with Crippen molar-refractivity contribution in [3.05, 3.63) is 23.8 Å². The second kappa shape index (κ2) is 5.61. The van der Waals surface area contributed by atoms with E-state index in [4.69, 9.17) is 4.74 Å². The molecule has 0 aliphatic carbocycles. The largest absolute Gasteiger partial charge is 0.496 e. The Labute approximate surface area is 92.0 Å². The minimum atomic E-state index is 0.843. The van der Waals surface area contributed by atoms with E-state index in [1.54, 1.807) is 7.11 Å². The molecule has 1 rings (SSSR count). The second-order valence-corrected chi connectivity index (χ2v) is 3.56. The Hall–Kier alpha value is -1.22. The topological polar surface area (TPSA) is 24.5 Å². The molecule has 0 aromatic heterocycles. The van der Waals surface area contributed by atoms with Crippen LogP contribution >= 0.6 is 0 Å². The van der Waals surface area contributed by atoms with Gasteiger partial charge in [0.05, 0.1) is 13.8 Å². The van der Waals surface area contributed by atoms with Gasteiger partial charge in [0.2, 0.25) is 0 Å². The van der Waals surface area contributed by atoms with Gasteiger partial charge in [0.1, 0.15) is 5.75 Å². The van der Waals surface area contributed by atoms with Crippen molar-refractivity contribution in [2.45, 2.75) is 13.3 Å². The third-order valence-corrected chi connectivity index (χ3v) is 2.48. The summed E-state index contributed by atoms with van der Waals surface area (Å²) in [5, 5.41) is 3.13. The molecule has 3 nitrogen and oxygen atoms in total. The van der Waals surface area contributed by atoms with Crippen LogP contribution in [-0.4, -0.2) is 27.9 Å². The summed E-state index contributed by atoms with van der Waals surface area (Å²) in [5.74, 6) is 0.971. The average Bonchev–Trinajstić information content (AvgIpc) is 2.28. The number of ether oxygens (including phenoxy) is 1. The van der Waals surface area contributed by atoms with Gasteiger partial charge in [-0.25, -0.2) is 0 Å². The van der Waals surface area contributed by atoms with Gasteiger partial charge >= 0.3 is 0 Å². The van der Waals surface area contributed by atoms with E-state index in [1.807, 2.05) is 13.1 Å². The van der Waals surface area contributed by atoms with Gasteiger partial charge in [0.15, 0.2) is 0 Å². The smallest absolute Gasteiger partial charge is 0.122 e. The monoisotopic (exact) mass is 208 g/mol. The van der Waals surface area contributed by atoms with E-state index in [0.29, 0.717) is 0 Å². The number of hydrogen-bond donors (Lipinski definition) is 1. The molecule has 0 bridgehead atoms. The molecule has 0 atom stereocenters. The zero-order chi connectivity index (χ0) is 11.3. The molecule has 1 aromatic rings. The molecule has 0 aliphatic heterocycles. The molecule has 0 unspecified atom stereocenters. The minimum absolute atomic E-state index is 0.843. The van der Waals surface area contributed by atoms with Crippen molar-refractivity contribution in [3.8, 4) is 5.75 Å². The van der Waals surface area contributed by atoms with Crippen molar-refractivity contribution in [1.29, 1.82) is 0 Å². The first-order chi connectivity index (χ1) is 7.22. The fourth-order valence-electron chi connectivity index (χ4n) is 1.61. The summed E-state index contributed by atoms with van der Waals surface area (Å²) < 4.78 is 5.30. The average molecular weight is 208 g/mol. The van der Waals surface area contributed by atoms with Crippen molar-refractivity contribution in [1.82, 2.24) is 5.32 Å². The molecule has 84 valence electrons. The van der Waals surface area contributed by atoms with Crippen LogP contribution < -0.4 is 15.0 Å². The number of hydrogen-bond acceptors (Lipinski definition) is 3. The molecular weight excluding hydrogens is 188 g/mol. The maximum absolute atomic E-state index is 5.30. The first-order valence-electron chi connectivity index (χ1n) is 5.25. The lowest BCUT2D eigenvalue weighted by atomic mass is 10.1. The summed E-state index contributed by atoms with van der Waals surface area (Å²) in [5.41, 5.74) is 2.46. The highest BCUT2D eigenvalue weighted by molar-refractivity contribution is 5.52. The van der Waals surface area contributed by atoms with E-state index in [9.17, 15) is 0 Å². The minimum Gasteiger partial charge on any atom is -0.496 e. The van der Waals surface area contributed by atoms with Crippen molar-refractivity contribution in [2.24, 2.45) is 0 Å². The summed E-state index contributed by atoms with van der Waals surface area (Å²) in [6.07, 6.45) is 0.990. The highest BCUT2D eigenvalue weighted by Crippen LogP contribution is 2.24. The zero-order valence-electron chi connectivity index (χ0n) is 10.0. The maximum Gasteiger partial charge on any atom is 0.122 e. The number of benzene rings is 1.